The van der Waals surface area contributed by atoms with Crippen molar-refractivity contribution in [1.29, 1.82) is 0 Å². The van der Waals surface area contributed by atoms with E-state index >= 15 is 0 Å². The van der Waals surface area contributed by atoms with E-state index in [4.69, 9.17) is 5.73 Å². The second-order valence-electron chi connectivity index (χ2n) is 4.56. The first kappa shape index (κ1) is 10.4. The first-order valence-corrected chi connectivity index (χ1v) is 5.42. The highest BCUT2D eigenvalue weighted by Gasteiger charge is 2.48. The lowest BCUT2D eigenvalue weighted by molar-refractivity contribution is 0.0905. The van der Waals surface area contributed by atoms with Crippen LogP contribution in [0.3, 0.4) is 0 Å². The van der Waals surface area contributed by atoms with E-state index in [-0.39, 0.29) is 11.2 Å². The third-order valence-electron chi connectivity index (χ3n) is 3.58. The molecule has 1 aliphatic carbocycles. The fourth-order valence-corrected chi connectivity index (χ4v) is 1.96. The zero-order valence-corrected chi connectivity index (χ0v) is 9.34. The van der Waals surface area contributed by atoms with E-state index in [0.29, 0.717) is 6.54 Å². The van der Waals surface area contributed by atoms with Gasteiger partial charge in [0.15, 0.2) is 5.78 Å². The zero-order valence-electron chi connectivity index (χ0n) is 9.34. The van der Waals surface area contributed by atoms with Gasteiger partial charge >= 0.3 is 0 Å². The van der Waals surface area contributed by atoms with Gasteiger partial charge in [0.25, 0.3) is 0 Å². The minimum absolute atomic E-state index is 0.224. The van der Waals surface area contributed by atoms with E-state index in [1.54, 1.807) is 0 Å². The Bertz CT molecular complexity index is 405. The molecule has 0 bridgehead atoms. The Morgan fingerprint density at radius 2 is 2.07 bits per heavy atom. The molecule has 0 aliphatic heterocycles. The molecular weight excluding hydrogens is 186 g/mol. The molecule has 80 valence electrons. The van der Waals surface area contributed by atoms with Crippen molar-refractivity contribution >= 4 is 5.78 Å². The Morgan fingerprint density at radius 3 is 2.60 bits per heavy atom. The van der Waals surface area contributed by atoms with Crippen LogP contribution < -0.4 is 5.73 Å². The van der Waals surface area contributed by atoms with Crippen LogP contribution in [-0.4, -0.2) is 12.3 Å². The molecule has 0 radical (unpaired) electrons. The van der Waals surface area contributed by atoms with Crippen LogP contribution in [0.1, 0.15) is 34.3 Å². The first-order chi connectivity index (χ1) is 7.10. The summed E-state index contributed by atoms with van der Waals surface area (Å²) in [5.41, 5.74) is 8.58. The molecule has 0 amide bonds. The first-order valence-electron chi connectivity index (χ1n) is 5.42. The van der Waals surface area contributed by atoms with Crippen LogP contribution in [0.5, 0.6) is 0 Å². The summed E-state index contributed by atoms with van der Waals surface area (Å²) in [6, 6.07) is 5.90. The smallest absolute Gasteiger partial charge is 0.170 e. The van der Waals surface area contributed by atoms with Crippen LogP contribution in [0.2, 0.25) is 0 Å². The molecule has 0 spiro atoms. The number of hydrogen-bond donors (Lipinski definition) is 1. The maximum atomic E-state index is 12.3. The van der Waals surface area contributed by atoms with E-state index in [9.17, 15) is 4.79 Å². The summed E-state index contributed by atoms with van der Waals surface area (Å²) in [5.74, 6) is 0.242. The van der Waals surface area contributed by atoms with E-state index in [0.717, 1.165) is 24.0 Å². The topological polar surface area (TPSA) is 43.1 Å². The molecule has 0 aromatic heterocycles. The highest BCUT2D eigenvalue weighted by atomic mass is 16.1. The van der Waals surface area contributed by atoms with Gasteiger partial charge in [0, 0.05) is 17.5 Å². The molecule has 1 aromatic rings. The monoisotopic (exact) mass is 203 g/mol. The number of carbonyl (C=O) groups excluding carboxylic acids is 1. The van der Waals surface area contributed by atoms with Gasteiger partial charge in [-0.05, 0) is 37.8 Å². The van der Waals surface area contributed by atoms with Crippen molar-refractivity contribution in [3.63, 3.8) is 0 Å². The number of Topliss-reactive ketones (excluding diaryl/α,β-unsaturated/α-hetero) is 1. The van der Waals surface area contributed by atoms with Gasteiger partial charge in [0.2, 0.25) is 0 Å². The number of ketones is 1. The molecular formula is C13H17NO. The lowest BCUT2D eigenvalue weighted by atomic mass is 9.90. The Morgan fingerprint density at radius 1 is 1.40 bits per heavy atom. The summed E-state index contributed by atoms with van der Waals surface area (Å²) in [6.07, 6.45) is 1.91. The Kier molecular flexibility index (Phi) is 2.39. The van der Waals surface area contributed by atoms with E-state index in [2.05, 4.69) is 0 Å². The van der Waals surface area contributed by atoms with E-state index < -0.39 is 0 Å². The highest BCUT2D eigenvalue weighted by molar-refractivity contribution is 6.03. The van der Waals surface area contributed by atoms with Gasteiger partial charge in [-0.2, -0.15) is 0 Å². The van der Waals surface area contributed by atoms with Crippen molar-refractivity contribution in [3.8, 4) is 0 Å². The molecule has 2 N–H and O–H groups in total. The van der Waals surface area contributed by atoms with Gasteiger partial charge in [-0.15, -0.1) is 0 Å². The predicted octanol–water partition coefficient (Wildman–Crippen LogP) is 2.23. The van der Waals surface area contributed by atoms with Gasteiger partial charge in [0.05, 0.1) is 0 Å². The molecule has 0 saturated heterocycles. The van der Waals surface area contributed by atoms with Crippen molar-refractivity contribution in [2.24, 2.45) is 11.1 Å². The summed E-state index contributed by atoms with van der Waals surface area (Å²) >= 11 is 0. The third-order valence-corrected chi connectivity index (χ3v) is 3.58. The fraction of sp³-hybridized carbons (Fsp3) is 0.462. The number of nitrogens with two attached hydrogens (primary N) is 1. The molecule has 2 heteroatoms. The lowest BCUT2D eigenvalue weighted by Gasteiger charge is -2.14. The molecule has 0 heterocycles. The molecule has 1 saturated carbocycles. The van der Waals surface area contributed by atoms with Gasteiger partial charge in [0.1, 0.15) is 0 Å². The van der Waals surface area contributed by atoms with Gasteiger partial charge < -0.3 is 5.73 Å². The molecule has 2 nitrogen and oxygen atoms in total. The van der Waals surface area contributed by atoms with Crippen LogP contribution in [0.4, 0.5) is 0 Å². The summed E-state index contributed by atoms with van der Waals surface area (Å²) in [7, 11) is 0. The van der Waals surface area contributed by atoms with Crippen LogP contribution >= 0.6 is 0 Å². The molecule has 2 rings (SSSR count). The van der Waals surface area contributed by atoms with Crippen molar-refractivity contribution in [2.45, 2.75) is 26.7 Å². The number of benzene rings is 1. The Balaban J connectivity index is 2.38. The van der Waals surface area contributed by atoms with Crippen LogP contribution in [0, 0.1) is 19.3 Å². The number of carbonyl (C=O) groups is 1. The largest absolute Gasteiger partial charge is 0.329 e. The second-order valence-corrected chi connectivity index (χ2v) is 4.56. The minimum Gasteiger partial charge on any atom is -0.329 e. The van der Waals surface area contributed by atoms with Gasteiger partial charge in [-0.25, -0.2) is 0 Å². The van der Waals surface area contributed by atoms with Crippen molar-refractivity contribution < 1.29 is 4.79 Å². The maximum Gasteiger partial charge on any atom is 0.170 e. The SMILES string of the molecule is Cc1cccc(C(=O)C2(CN)CC2)c1C. The fourth-order valence-electron chi connectivity index (χ4n) is 1.96. The quantitative estimate of drug-likeness (QED) is 0.765. The second kappa shape index (κ2) is 3.46. The maximum absolute atomic E-state index is 12.3. The highest BCUT2D eigenvalue weighted by Crippen LogP contribution is 2.47. The Hall–Kier alpha value is -1.15. The lowest BCUT2D eigenvalue weighted by Crippen LogP contribution is -2.26. The summed E-state index contributed by atoms with van der Waals surface area (Å²) in [5, 5.41) is 0. The molecule has 0 unspecified atom stereocenters. The minimum atomic E-state index is -0.224. The number of aryl methyl sites for hydroxylation is 1. The van der Waals surface area contributed by atoms with Crippen LogP contribution in [0.15, 0.2) is 18.2 Å². The summed E-state index contributed by atoms with van der Waals surface area (Å²) in [4.78, 5) is 12.3. The summed E-state index contributed by atoms with van der Waals surface area (Å²) in [6.45, 7) is 4.53. The molecule has 15 heavy (non-hydrogen) atoms. The Labute approximate surface area is 90.5 Å². The van der Waals surface area contributed by atoms with E-state index in [1.165, 1.54) is 5.56 Å². The molecule has 1 aromatic carbocycles. The zero-order chi connectivity index (χ0) is 11.1. The van der Waals surface area contributed by atoms with Crippen molar-refractivity contribution in [3.05, 3.63) is 34.9 Å². The molecule has 1 fully saturated rings. The van der Waals surface area contributed by atoms with Crippen LogP contribution in [-0.2, 0) is 0 Å². The van der Waals surface area contributed by atoms with Gasteiger partial charge in [-0.1, -0.05) is 18.2 Å². The average molecular weight is 203 g/mol. The van der Waals surface area contributed by atoms with Gasteiger partial charge in [-0.3, -0.25) is 4.79 Å². The van der Waals surface area contributed by atoms with Crippen LogP contribution in [0.25, 0.3) is 0 Å². The van der Waals surface area contributed by atoms with Crippen molar-refractivity contribution in [2.75, 3.05) is 6.54 Å². The van der Waals surface area contributed by atoms with Crippen molar-refractivity contribution in [1.82, 2.24) is 0 Å². The number of rotatable bonds is 3. The predicted molar refractivity (Wildman–Crippen MR) is 61.0 cm³/mol. The van der Waals surface area contributed by atoms with E-state index in [1.807, 2.05) is 32.0 Å². The third kappa shape index (κ3) is 1.59. The number of hydrogen-bond acceptors (Lipinski definition) is 2. The normalized spacial score (nSPS) is 17.5. The average Bonchev–Trinajstić information content (AvgIpc) is 3.02. The molecule has 1 aliphatic rings. The summed E-state index contributed by atoms with van der Waals surface area (Å²) < 4.78 is 0. The molecule has 0 atom stereocenters. The standard InChI is InChI=1S/C13H17NO/c1-9-4-3-5-11(10(9)2)12(15)13(8-14)6-7-13/h3-5H,6-8,14H2,1-2H3.